The lowest BCUT2D eigenvalue weighted by Crippen LogP contribution is -2.16. The van der Waals surface area contributed by atoms with Gasteiger partial charge in [0.25, 0.3) is 0 Å². The summed E-state index contributed by atoms with van der Waals surface area (Å²) in [6.45, 7) is 4.41. The van der Waals surface area contributed by atoms with Gasteiger partial charge in [-0.3, -0.25) is 4.79 Å². The van der Waals surface area contributed by atoms with Crippen molar-refractivity contribution in [2.24, 2.45) is 0 Å². The maximum atomic E-state index is 11.2. The highest BCUT2D eigenvalue weighted by Gasteiger charge is 2.09. The number of carbonyl (C=O) groups is 1. The minimum Gasteiger partial charge on any atom is -0.347 e. The largest absolute Gasteiger partial charge is 0.347 e. The SMILES string of the molecule is CC(=O)c1csc(N(C)Cc2ccc(C)cc2)n1. The molecule has 0 saturated carbocycles. The van der Waals surface area contributed by atoms with Crippen molar-refractivity contribution in [3.05, 3.63) is 46.5 Å². The van der Waals surface area contributed by atoms with Crippen LogP contribution in [0.4, 0.5) is 5.13 Å². The summed E-state index contributed by atoms with van der Waals surface area (Å²) in [7, 11) is 1.99. The molecule has 0 atom stereocenters. The number of hydrogen-bond donors (Lipinski definition) is 0. The van der Waals surface area contributed by atoms with Gasteiger partial charge in [0.1, 0.15) is 5.69 Å². The number of ketones is 1. The first-order valence-corrected chi connectivity index (χ1v) is 6.67. The van der Waals surface area contributed by atoms with E-state index in [1.165, 1.54) is 22.5 Å². The molecule has 1 aromatic heterocycles. The summed E-state index contributed by atoms with van der Waals surface area (Å²) in [4.78, 5) is 17.6. The summed E-state index contributed by atoms with van der Waals surface area (Å²) < 4.78 is 0. The molecule has 0 aliphatic rings. The number of rotatable bonds is 4. The third-order valence-electron chi connectivity index (χ3n) is 2.72. The van der Waals surface area contributed by atoms with Gasteiger partial charge < -0.3 is 4.90 Å². The number of aryl methyl sites for hydroxylation is 1. The van der Waals surface area contributed by atoms with E-state index >= 15 is 0 Å². The molecular formula is C14H16N2OS. The molecule has 2 rings (SSSR count). The van der Waals surface area contributed by atoms with Crippen LogP contribution in [0.3, 0.4) is 0 Å². The average Bonchev–Trinajstić information content (AvgIpc) is 2.81. The maximum Gasteiger partial charge on any atom is 0.186 e. The van der Waals surface area contributed by atoms with Crippen molar-refractivity contribution in [2.45, 2.75) is 20.4 Å². The molecule has 0 fully saturated rings. The predicted octanol–water partition coefficient (Wildman–Crippen LogP) is 3.29. The van der Waals surface area contributed by atoms with Gasteiger partial charge in [0, 0.05) is 25.9 Å². The van der Waals surface area contributed by atoms with E-state index in [9.17, 15) is 4.79 Å². The van der Waals surface area contributed by atoms with Crippen molar-refractivity contribution in [1.29, 1.82) is 0 Å². The van der Waals surface area contributed by atoms with E-state index < -0.39 is 0 Å². The first-order chi connectivity index (χ1) is 8.56. The van der Waals surface area contributed by atoms with Gasteiger partial charge in [-0.05, 0) is 12.5 Å². The van der Waals surface area contributed by atoms with Gasteiger partial charge in [0.2, 0.25) is 0 Å². The van der Waals surface area contributed by atoms with Crippen molar-refractivity contribution < 1.29 is 4.79 Å². The van der Waals surface area contributed by atoms with Gasteiger partial charge in [0.05, 0.1) is 0 Å². The lowest BCUT2D eigenvalue weighted by atomic mass is 10.1. The zero-order valence-electron chi connectivity index (χ0n) is 10.8. The first kappa shape index (κ1) is 12.8. The summed E-state index contributed by atoms with van der Waals surface area (Å²) >= 11 is 1.50. The molecule has 18 heavy (non-hydrogen) atoms. The summed E-state index contributed by atoms with van der Waals surface area (Å²) in [5.74, 6) is 0.0150. The van der Waals surface area contributed by atoms with Crippen LogP contribution >= 0.6 is 11.3 Å². The molecule has 1 aromatic carbocycles. The Morgan fingerprint density at radius 2 is 2.00 bits per heavy atom. The predicted molar refractivity (Wildman–Crippen MR) is 75.4 cm³/mol. The molecule has 3 nitrogen and oxygen atoms in total. The number of aromatic nitrogens is 1. The maximum absolute atomic E-state index is 11.2. The van der Waals surface area contributed by atoms with E-state index in [2.05, 4.69) is 41.1 Å². The minimum absolute atomic E-state index is 0.0150. The van der Waals surface area contributed by atoms with Gasteiger partial charge in [-0.2, -0.15) is 0 Å². The molecule has 0 unspecified atom stereocenters. The quantitative estimate of drug-likeness (QED) is 0.791. The lowest BCUT2D eigenvalue weighted by Gasteiger charge is -2.15. The smallest absolute Gasteiger partial charge is 0.186 e. The van der Waals surface area contributed by atoms with Crippen LogP contribution in [-0.2, 0) is 6.54 Å². The van der Waals surface area contributed by atoms with E-state index in [4.69, 9.17) is 0 Å². The number of thiazole rings is 1. The number of hydrogen-bond acceptors (Lipinski definition) is 4. The summed E-state index contributed by atoms with van der Waals surface area (Å²) in [5.41, 5.74) is 3.04. The minimum atomic E-state index is 0.0150. The van der Waals surface area contributed by atoms with Crippen LogP contribution in [0.15, 0.2) is 29.6 Å². The van der Waals surface area contributed by atoms with E-state index in [-0.39, 0.29) is 5.78 Å². The third-order valence-corrected chi connectivity index (χ3v) is 3.67. The van der Waals surface area contributed by atoms with Crippen molar-refractivity contribution in [2.75, 3.05) is 11.9 Å². The van der Waals surface area contributed by atoms with Gasteiger partial charge in [-0.15, -0.1) is 11.3 Å². The topological polar surface area (TPSA) is 33.2 Å². The average molecular weight is 260 g/mol. The molecule has 0 spiro atoms. The fourth-order valence-electron chi connectivity index (χ4n) is 1.64. The number of benzene rings is 1. The lowest BCUT2D eigenvalue weighted by molar-refractivity contribution is 0.101. The Kier molecular flexibility index (Phi) is 3.77. The normalized spacial score (nSPS) is 10.4. The van der Waals surface area contributed by atoms with Crippen LogP contribution in [0.1, 0.15) is 28.5 Å². The van der Waals surface area contributed by atoms with Crippen LogP contribution in [0.5, 0.6) is 0 Å². The summed E-state index contributed by atoms with van der Waals surface area (Å²) in [6, 6.07) is 8.44. The molecule has 94 valence electrons. The van der Waals surface area contributed by atoms with Crippen molar-refractivity contribution in [3.8, 4) is 0 Å². The van der Waals surface area contributed by atoms with Gasteiger partial charge in [-0.25, -0.2) is 4.98 Å². The van der Waals surface area contributed by atoms with Crippen molar-refractivity contribution in [3.63, 3.8) is 0 Å². The molecule has 0 bridgehead atoms. The highest BCUT2D eigenvalue weighted by atomic mass is 32.1. The summed E-state index contributed by atoms with van der Waals surface area (Å²) in [6.07, 6.45) is 0. The van der Waals surface area contributed by atoms with Gasteiger partial charge in [-0.1, -0.05) is 29.8 Å². The monoisotopic (exact) mass is 260 g/mol. The Hall–Kier alpha value is -1.68. The number of anilines is 1. The Morgan fingerprint density at radius 3 is 2.56 bits per heavy atom. The molecule has 0 aliphatic heterocycles. The Balaban J connectivity index is 2.09. The van der Waals surface area contributed by atoms with E-state index in [0.29, 0.717) is 5.69 Å². The third kappa shape index (κ3) is 2.96. The standard InChI is InChI=1S/C14H16N2OS/c1-10-4-6-12(7-5-10)8-16(3)14-15-13(9-18-14)11(2)17/h4-7,9H,8H2,1-3H3. The zero-order chi connectivity index (χ0) is 13.1. The molecule has 1 heterocycles. The van der Waals surface area contributed by atoms with Crippen molar-refractivity contribution in [1.82, 2.24) is 4.98 Å². The molecule has 0 N–H and O–H groups in total. The zero-order valence-corrected chi connectivity index (χ0v) is 11.6. The fraction of sp³-hybridized carbons (Fsp3) is 0.286. The Bertz CT molecular complexity index is 545. The van der Waals surface area contributed by atoms with Gasteiger partial charge in [0.15, 0.2) is 10.9 Å². The van der Waals surface area contributed by atoms with E-state index in [1.807, 2.05) is 12.4 Å². The molecule has 0 saturated heterocycles. The number of nitrogens with zero attached hydrogens (tertiary/aromatic N) is 2. The van der Waals surface area contributed by atoms with Crippen LogP contribution in [-0.4, -0.2) is 17.8 Å². The van der Waals surface area contributed by atoms with Crippen LogP contribution in [0.2, 0.25) is 0 Å². The number of Topliss-reactive ketones (excluding diaryl/α,β-unsaturated/α-hetero) is 1. The van der Waals surface area contributed by atoms with Crippen LogP contribution in [0, 0.1) is 6.92 Å². The molecular weight excluding hydrogens is 244 g/mol. The highest BCUT2D eigenvalue weighted by molar-refractivity contribution is 7.13. The molecule has 0 radical (unpaired) electrons. The van der Waals surface area contributed by atoms with Crippen LogP contribution in [0.25, 0.3) is 0 Å². The highest BCUT2D eigenvalue weighted by Crippen LogP contribution is 2.21. The van der Waals surface area contributed by atoms with Crippen LogP contribution < -0.4 is 4.90 Å². The fourth-order valence-corrected chi connectivity index (χ4v) is 2.47. The number of carbonyl (C=O) groups excluding carboxylic acids is 1. The molecule has 0 aliphatic carbocycles. The molecule has 4 heteroatoms. The first-order valence-electron chi connectivity index (χ1n) is 5.79. The van der Waals surface area contributed by atoms with Gasteiger partial charge >= 0.3 is 0 Å². The Labute approximate surface area is 111 Å². The second-order valence-electron chi connectivity index (χ2n) is 4.41. The summed E-state index contributed by atoms with van der Waals surface area (Å²) in [5, 5.41) is 2.68. The van der Waals surface area contributed by atoms with E-state index in [1.54, 1.807) is 6.92 Å². The van der Waals surface area contributed by atoms with E-state index in [0.717, 1.165) is 11.7 Å². The second kappa shape index (κ2) is 5.31. The molecule has 2 aromatic rings. The Morgan fingerprint density at radius 1 is 1.33 bits per heavy atom. The van der Waals surface area contributed by atoms with Crippen molar-refractivity contribution >= 4 is 22.3 Å². The molecule has 0 amide bonds. The second-order valence-corrected chi connectivity index (χ2v) is 5.25.